The molecule has 1 saturated carbocycles. The summed E-state index contributed by atoms with van der Waals surface area (Å²) in [5, 5.41) is 10.1. The Bertz CT molecular complexity index is 1130. The quantitative estimate of drug-likeness (QED) is 0.363. The van der Waals surface area contributed by atoms with Gasteiger partial charge in [-0.2, -0.15) is 0 Å². The van der Waals surface area contributed by atoms with Crippen molar-refractivity contribution in [3.63, 3.8) is 0 Å². The highest BCUT2D eigenvalue weighted by Gasteiger charge is 2.51. The van der Waals surface area contributed by atoms with Crippen LogP contribution in [0.5, 0.6) is 5.88 Å². The van der Waals surface area contributed by atoms with Gasteiger partial charge in [0.25, 0.3) is 0 Å². The second kappa shape index (κ2) is 10.8. The van der Waals surface area contributed by atoms with Gasteiger partial charge in [0.05, 0.1) is 5.41 Å². The number of allylic oxidation sites excluding steroid dienone is 6. The van der Waals surface area contributed by atoms with E-state index in [1.54, 1.807) is 6.20 Å². The Morgan fingerprint density at radius 3 is 2.71 bits per heavy atom. The standard InChI is InChI=1S/C27H33Cl2N5O/c1-2-3-14-34-25(27(12-13-27)21-8-6-4-5-7-9-21)31-32-26(34)33-15-10-22(11-16-33)35-24-23(29)17-20(18-28)19-30-24/h4-6,8-9,17,19,22H,2-3,7,10-16,18H2,1H3. The molecule has 6 nitrogen and oxygen atoms in total. The van der Waals surface area contributed by atoms with Crippen molar-refractivity contribution in [2.75, 3.05) is 18.0 Å². The SMILES string of the molecule is CCCCn1c(N2CCC(Oc3ncc(CCl)cc3Cl)CC2)nnc1C1(C2=CCC=CC=C2)CC1. The molecular weight excluding hydrogens is 481 g/mol. The van der Waals surface area contributed by atoms with Gasteiger partial charge in [-0.1, -0.05) is 55.3 Å². The van der Waals surface area contributed by atoms with Gasteiger partial charge in [-0.25, -0.2) is 4.98 Å². The molecule has 0 amide bonds. The first kappa shape index (κ1) is 24.4. The fourth-order valence-corrected chi connectivity index (χ4v) is 5.44. The topological polar surface area (TPSA) is 56.1 Å². The Labute approximate surface area is 217 Å². The third-order valence-corrected chi connectivity index (χ3v) is 7.79. The Hall–Kier alpha value is -2.31. The normalized spacial score (nSPS) is 19.5. The first-order chi connectivity index (χ1) is 17.1. The number of aromatic nitrogens is 4. The molecule has 0 unspecified atom stereocenters. The number of halogens is 2. The fraction of sp³-hybridized carbons (Fsp3) is 0.519. The van der Waals surface area contributed by atoms with E-state index < -0.39 is 0 Å². The second-order valence-electron chi connectivity index (χ2n) is 9.66. The molecular formula is C27H33Cl2N5O. The number of ether oxygens (including phenoxy) is 1. The van der Waals surface area contributed by atoms with E-state index in [9.17, 15) is 0 Å². The van der Waals surface area contributed by atoms with Crippen LogP contribution in [0.2, 0.25) is 5.02 Å². The zero-order chi connectivity index (χ0) is 24.3. The molecule has 2 aliphatic carbocycles. The molecule has 2 aromatic rings. The van der Waals surface area contributed by atoms with Crippen molar-refractivity contribution in [3.05, 3.63) is 64.6 Å². The van der Waals surface area contributed by atoms with E-state index in [0.717, 1.165) is 81.9 Å². The summed E-state index contributed by atoms with van der Waals surface area (Å²) in [6, 6.07) is 1.83. The van der Waals surface area contributed by atoms with Crippen LogP contribution < -0.4 is 9.64 Å². The number of piperidine rings is 1. The predicted molar refractivity (Wildman–Crippen MR) is 141 cm³/mol. The molecule has 2 fully saturated rings. The van der Waals surface area contributed by atoms with Crippen LogP contribution in [0.25, 0.3) is 0 Å². The monoisotopic (exact) mass is 513 g/mol. The van der Waals surface area contributed by atoms with Gasteiger partial charge in [0.1, 0.15) is 17.0 Å². The van der Waals surface area contributed by atoms with Crippen LogP contribution in [-0.4, -0.2) is 38.9 Å². The number of alkyl halides is 1. The van der Waals surface area contributed by atoms with Gasteiger partial charge in [-0.05, 0) is 42.9 Å². The lowest BCUT2D eigenvalue weighted by Gasteiger charge is -2.33. The lowest BCUT2D eigenvalue weighted by Crippen LogP contribution is -2.40. The maximum atomic E-state index is 6.36. The van der Waals surface area contributed by atoms with Crippen molar-refractivity contribution < 1.29 is 4.74 Å². The van der Waals surface area contributed by atoms with Crippen LogP contribution in [0.15, 0.2) is 48.2 Å². The number of hydrogen-bond acceptors (Lipinski definition) is 5. The first-order valence-electron chi connectivity index (χ1n) is 12.7. The molecule has 5 rings (SSSR count). The van der Waals surface area contributed by atoms with Gasteiger partial charge in [0, 0.05) is 44.6 Å². The van der Waals surface area contributed by atoms with Crippen LogP contribution >= 0.6 is 23.2 Å². The number of rotatable bonds is 9. The minimum absolute atomic E-state index is 0.0144. The van der Waals surface area contributed by atoms with Crippen molar-refractivity contribution >= 4 is 29.2 Å². The molecule has 35 heavy (non-hydrogen) atoms. The maximum Gasteiger partial charge on any atom is 0.232 e. The summed E-state index contributed by atoms with van der Waals surface area (Å²) in [5.74, 6) is 3.00. The minimum Gasteiger partial charge on any atom is -0.473 e. The molecule has 3 heterocycles. The van der Waals surface area contributed by atoms with Crippen LogP contribution in [0.1, 0.15) is 63.3 Å². The van der Waals surface area contributed by atoms with Gasteiger partial charge in [-0.15, -0.1) is 21.8 Å². The molecule has 3 aliphatic rings. The number of pyridine rings is 1. The van der Waals surface area contributed by atoms with Crippen molar-refractivity contribution in [1.29, 1.82) is 0 Å². The molecule has 0 radical (unpaired) electrons. The van der Waals surface area contributed by atoms with Crippen LogP contribution in [0, 0.1) is 0 Å². The largest absolute Gasteiger partial charge is 0.473 e. The van der Waals surface area contributed by atoms with E-state index in [1.807, 2.05) is 6.07 Å². The van der Waals surface area contributed by atoms with E-state index in [2.05, 4.69) is 51.8 Å². The highest BCUT2D eigenvalue weighted by molar-refractivity contribution is 6.32. The lowest BCUT2D eigenvalue weighted by atomic mass is 9.93. The average Bonchev–Trinajstić information content (AvgIpc) is 3.63. The summed E-state index contributed by atoms with van der Waals surface area (Å²) in [4.78, 5) is 6.73. The third kappa shape index (κ3) is 5.14. The molecule has 2 aromatic heterocycles. The molecule has 8 heteroatoms. The Kier molecular flexibility index (Phi) is 7.49. The fourth-order valence-electron chi connectivity index (χ4n) is 5.06. The first-order valence-corrected chi connectivity index (χ1v) is 13.7. The van der Waals surface area contributed by atoms with Crippen LogP contribution in [0.3, 0.4) is 0 Å². The summed E-state index contributed by atoms with van der Waals surface area (Å²) in [6.07, 6.45) is 20.2. The van der Waals surface area contributed by atoms with Crippen molar-refractivity contribution in [2.24, 2.45) is 0 Å². The number of unbranched alkanes of at least 4 members (excludes halogenated alkanes) is 1. The molecule has 0 atom stereocenters. The minimum atomic E-state index is 0.0144. The zero-order valence-electron chi connectivity index (χ0n) is 20.3. The summed E-state index contributed by atoms with van der Waals surface area (Å²) >= 11 is 12.2. The van der Waals surface area contributed by atoms with E-state index in [-0.39, 0.29) is 11.5 Å². The zero-order valence-corrected chi connectivity index (χ0v) is 21.8. The molecule has 0 spiro atoms. The van der Waals surface area contributed by atoms with Gasteiger partial charge >= 0.3 is 0 Å². The van der Waals surface area contributed by atoms with Crippen LogP contribution in [-0.2, 0) is 17.8 Å². The Balaban J connectivity index is 1.31. The Morgan fingerprint density at radius 1 is 1.17 bits per heavy atom. The lowest BCUT2D eigenvalue weighted by molar-refractivity contribution is 0.163. The average molecular weight is 515 g/mol. The van der Waals surface area contributed by atoms with Crippen molar-refractivity contribution in [2.45, 2.75) is 75.8 Å². The second-order valence-corrected chi connectivity index (χ2v) is 10.3. The van der Waals surface area contributed by atoms with Gasteiger partial charge in [0.2, 0.25) is 11.8 Å². The van der Waals surface area contributed by atoms with E-state index >= 15 is 0 Å². The summed E-state index contributed by atoms with van der Waals surface area (Å²) in [6.45, 7) is 4.92. The van der Waals surface area contributed by atoms with Crippen LogP contribution in [0.4, 0.5) is 5.95 Å². The molecule has 0 aromatic carbocycles. The summed E-state index contributed by atoms with van der Waals surface area (Å²) in [5.41, 5.74) is 2.29. The molecule has 1 aliphatic heterocycles. The number of hydrogen-bond donors (Lipinski definition) is 0. The van der Waals surface area contributed by atoms with Gasteiger partial charge in [0.15, 0.2) is 0 Å². The van der Waals surface area contributed by atoms with E-state index in [0.29, 0.717) is 16.8 Å². The highest BCUT2D eigenvalue weighted by Crippen LogP contribution is 2.54. The van der Waals surface area contributed by atoms with Crippen molar-refractivity contribution in [1.82, 2.24) is 19.7 Å². The Morgan fingerprint density at radius 2 is 2.00 bits per heavy atom. The summed E-state index contributed by atoms with van der Waals surface area (Å²) in [7, 11) is 0. The number of nitrogens with zero attached hydrogens (tertiary/aromatic N) is 5. The summed E-state index contributed by atoms with van der Waals surface area (Å²) < 4.78 is 8.55. The van der Waals surface area contributed by atoms with Gasteiger partial charge < -0.3 is 9.64 Å². The molecule has 0 bridgehead atoms. The third-order valence-electron chi connectivity index (χ3n) is 7.22. The highest BCUT2D eigenvalue weighted by atomic mass is 35.5. The molecule has 186 valence electrons. The van der Waals surface area contributed by atoms with Gasteiger partial charge in [-0.3, -0.25) is 4.57 Å². The van der Waals surface area contributed by atoms with E-state index in [4.69, 9.17) is 38.1 Å². The van der Waals surface area contributed by atoms with Crippen molar-refractivity contribution in [3.8, 4) is 5.88 Å². The predicted octanol–water partition coefficient (Wildman–Crippen LogP) is 6.39. The molecule has 0 N–H and O–H groups in total. The smallest absolute Gasteiger partial charge is 0.232 e. The molecule has 1 saturated heterocycles. The maximum absolute atomic E-state index is 6.36. The van der Waals surface area contributed by atoms with E-state index in [1.165, 1.54) is 5.57 Å². The number of anilines is 1.